The Labute approximate surface area is 261 Å². The van der Waals surface area contributed by atoms with Crippen LogP contribution in [0.4, 0.5) is 0 Å². The van der Waals surface area contributed by atoms with Crippen LogP contribution in [0.1, 0.15) is 0 Å². The highest BCUT2D eigenvalue weighted by molar-refractivity contribution is 7.25. The summed E-state index contributed by atoms with van der Waals surface area (Å²) in [4.78, 5) is 14.7. The second kappa shape index (κ2) is 9.32. The third-order valence-electron chi connectivity index (χ3n) is 8.86. The first kappa shape index (κ1) is 24.6. The largest absolute Gasteiger partial charge is 0.294 e. The Kier molecular flexibility index (Phi) is 5.09. The Morgan fingerprint density at radius 2 is 1.22 bits per heavy atom. The zero-order valence-corrected chi connectivity index (χ0v) is 24.7. The van der Waals surface area contributed by atoms with Gasteiger partial charge in [0.25, 0.3) is 0 Å². The molecule has 0 aliphatic carbocycles. The van der Waals surface area contributed by atoms with Gasteiger partial charge in [-0.25, -0.2) is 15.0 Å². The zero-order valence-electron chi connectivity index (χ0n) is 23.9. The molecule has 210 valence electrons. The van der Waals surface area contributed by atoms with Crippen molar-refractivity contribution in [2.45, 2.75) is 0 Å². The lowest BCUT2D eigenvalue weighted by atomic mass is 10.1. The molecule has 5 aromatic heterocycles. The quantitative estimate of drug-likeness (QED) is 0.205. The number of rotatable bonds is 3. The number of benzene rings is 5. The van der Waals surface area contributed by atoms with Crippen molar-refractivity contribution in [3.63, 3.8) is 0 Å². The van der Waals surface area contributed by atoms with Crippen LogP contribution >= 0.6 is 11.3 Å². The highest BCUT2D eigenvalue weighted by atomic mass is 32.1. The zero-order chi connectivity index (χ0) is 29.5. The Hall–Kier alpha value is -5.85. The molecule has 10 rings (SSSR count). The highest BCUT2D eigenvalue weighted by Gasteiger charge is 2.22. The molecule has 0 amide bonds. The number of hydrogen-bond donors (Lipinski definition) is 0. The smallest absolute Gasteiger partial charge is 0.234 e. The first-order valence-electron chi connectivity index (χ1n) is 15.0. The normalized spacial score (nSPS) is 12.0. The fraction of sp³-hybridized carbons (Fsp3) is 0. The lowest BCUT2D eigenvalue weighted by molar-refractivity contribution is 0.991. The minimum atomic E-state index is 0.657. The van der Waals surface area contributed by atoms with Crippen molar-refractivity contribution < 1.29 is 0 Å². The van der Waals surface area contributed by atoms with Crippen LogP contribution in [0, 0.1) is 0 Å². The molecule has 5 heterocycles. The van der Waals surface area contributed by atoms with Crippen molar-refractivity contribution in [2.75, 3.05) is 0 Å². The number of aromatic nitrogens is 5. The van der Waals surface area contributed by atoms with Gasteiger partial charge in [0.15, 0.2) is 0 Å². The number of para-hydroxylation sites is 2. The SMILES string of the molecule is c1cnc(-n2c3ccccc3c3ccc4c(c5ccccc5n4-c4cccc(-c5ccc6sc7ccccc7c6c5)n4)c32)nc1. The van der Waals surface area contributed by atoms with Crippen molar-refractivity contribution in [1.29, 1.82) is 0 Å². The molecule has 0 aliphatic heterocycles. The molecular weight excluding hydrogens is 571 g/mol. The van der Waals surface area contributed by atoms with Crippen LogP contribution in [0.2, 0.25) is 0 Å². The standard InChI is InChI=1S/C39H23N5S/c1-4-13-31-25(9-1)27-18-19-33-37(38(27)44(31)39-40-21-8-22-41-39)28-11-2-5-14-32(28)43(33)36-16-7-12-30(42-36)24-17-20-35-29(23-24)26-10-3-6-15-34(26)45-35/h1-23H. The summed E-state index contributed by atoms with van der Waals surface area (Å²) in [5, 5.41) is 7.23. The summed E-state index contributed by atoms with van der Waals surface area (Å²) in [6.07, 6.45) is 3.61. The molecule has 0 saturated carbocycles. The van der Waals surface area contributed by atoms with Crippen LogP contribution in [0.25, 0.3) is 86.8 Å². The van der Waals surface area contributed by atoms with Crippen LogP contribution in [-0.2, 0) is 0 Å². The van der Waals surface area contributed by atoms with E-state index in [2.05, 4.69) is 140 Å². The van der Waals surface area contributed by atoms with E-state index in [-0.39, 0.29) is 0 Å². The first-order chi connectivity index (χ1) is 22.3. The van der Waals surface area contributed by atoms with Gasteiger partial charge < -0.3 is 0 Å². The summed E-state index contributed by atoms with van der Waals surface area (Å²) in [5.41, 5.74) is 6.43. The molecule has 45 heavy (non-hydrogen) atoms. The van der Waals surface area contributed by atoms with Gasteiger partial charge >= 0.3 is 0 Å². The van der Waals surface area contributed by atoms with E-state index >= 15 is 0 Å². The van der Waals surface area contributed by atoms with Crippen LogP contribution in [-0.4, -0.2) is 24.1 Å². The van der Waals surface area contributed by atoms with Gasteiger partial charge in [-0.05, 0) is 54.6 Å². The maximum absolute atomic E-state index is 5.30. The summed E-state index contributed by atoms with van der Waals surface area (Å²) in [6, 6.07) is 45.1. The molecule has 0 aliphatic rings. The average molecular weight is 594 g/mol. The van der Waals surface area contributed by atoms with Gasteiger partial charge in [0.1, 0.15) is 5.82 Å². The third-order valence-corrected chi connectivity index (χ3v) is 10.0. The Morgan fingerprint density at radius 1 is 0.489 bits per heavy atom. The van der Waals surface area contributed by atoms with E-state index in [0.717, 1.165) is 49.9 Å². The van der Waals surface area contributed by atoms with E-state index in [4.69, 9.17) is 4.98 Å². The number of thiophene rings is 1. The molecule has 0 spiro atoms. The average Bonchev–Trinajstić information content (AvgIpc) is 3.76. The summed E-state index contributed by atoms with van der Waals surface area (Å²) in [6.45, 7) is 0. The van der Waals surface area contributed by atoms with Crippen molar-refractivity contribution in [2.24, 2.45) is 0 Å². The predicted molar refractivity (Wildman–Crippen MR) is 187 cm³/mol. The summed E-state index contributed by atoms with van der Waals surface area (Å²) >= 11 is 1.84. The Bertz CT molecular complexity index is 2770. The third kappa shape index (κ3) is 3.51. The summed E-state index contributed by atoms with van der Waals surface area (Å²) in [7, 11) is 0. The molecule has 5 nitrogen and oxygen atoms in total. The summed E-state index contributed by atoms with van der Waals surface area (Å²) in [5.74, 6) is 1.54. The topological polar surface area (TPSA) is 48.5 Å². The molecule has 10 aromatic rings. The van der Waals surface area contributed by atoms with Crippen molar-refractivity contribution in [3.8, 4) is 23.0 Å². The molecular formula is C39H23N5S. The van der Waals surface area contributed by atoms with Crippen molar-refractivity contribution in [3.05, 3.63) is 140 Å². The van der Waals surface area contributed by atoms with E-state index in [9.17, 15) is 0 Å². The van der Waals surface area contributed by atoms with Gasteiger partial charge in [-0.1, -0.05) is 72.8 Å². The molecule has 0 fully saturated rings. The minimum absolute atomic E-state index is 0.657. The second-order valence-corrected chi connectivity index (χ2v) is 12.4. The minimum Gasteiger partial charge on any atom is -0.294 e. The first-order valence-corrected chi connectivity index (χ1v) is 15.8. The number of fused-ring (bicyclic) bond motifs is 10. The van der Waals surface area contributed by atoms with Gasteiger partial charge in [0.05, 0.1) is 27.8 Å². The Balaban J connectivity index is 1.26. The van der Waals surface area contributed by atoms with E-state index < -0.39 is 0 Å². The fourth-order valence-corrected chi connectivity index (χ4v) is 8.05. The number of hydrogen-bond acceptors (Lipinski definition) is 4. The van der Waals surface area contributed by atoms with Crippen LogP contribution in [0.5, 0.6) is 0 Å². The molecule has 5 aromatic carbocycles. The molecule has 0 atom stereocenters. The lowest BCUT2D eigenvalue weighted by Gasteiger charge is -2.10. The predicted octanol–water partition coefficient (Wildman–Crippen LogP) is 10.1. The molecule has 0 saturated heterocycles. The highest BCUT2D eigenvalue weighted by Crippen LogP contribution is 2.42. The lowest BCUT2D eigenvalue weighted by Crippen LogP contribution is -2.00. The second-order valence-electron chi connectivity index (χ2n) is 11.3. The van der Waals surface area contributed by atoms with E-state index in [1.165, 1.54) is 30.9 Å². The van der Waals surface area contributed by atoms with E-state index in [1.807, 2.05) is 17.4 Å². The summed E-state index contributed by atoms with van der Waals surface area (Å²) < 4.78 is 7.09. The van der Waals surface area contributed by atoms with Crippen molar-refractivity contribution >= 4 is 75.1 Å². The van der Waals surface area contributed by atoms with Gasteiger partial charge in [-0.3, -0.25) is 9.13 Å². The monoisotopic (exact) mass is 593 g/mol. The van der Waals surface area contributed by atoms with Crippen LogP contribution in [0.3, 0.4) is 0 Å². The van der Waals surface area contributed by atoms with E-state index in [0.29, 0.717) is 5.95 Å². The van der Waals surface area contributed by atoms with E-state index in [1.54, 1.807) is 12.4 Å². The fourth-order valence-electron chi connectivity index (χ4n) is 6.96. The molecule has 0 radical (unpaired) electrons. The van der Waals surface area contributed by atoms with Gasteiger partial charge in [0, 0.05) is 59.7 Å². The number of pyridine rings is 1. The van der Waals surface area contributed by atoms with Gasteiger partial charge in [-0.15, -0.1) is 11.3 Å². The Morgan fingerprint density at radius 3 is 2.09 bits per heavy atom. The van der Waals surface area contributed by atoms with Gasteiger partial charge in [-0.2, -0.15) is 0 Å². The van der Waals surface area contributed by atoms with Crippen LogP contribution in [0.15, 0.2) is 140 Å². The molecule has 0 unspecified atom stereocenters. The van der Waals surface area contributed by atoms with Gasteiger partial charge in [0.2, 0.25) is 5.95 Å². The maximum Gasteiger partial charge on any atom is 0.234 e. The number of nitrogens with zero attached hydrogens (tertiary/aromatic N) is 5. The van der Waals surface area contributed by atoms with Crippen LogP contribution < -0.4 is 0 Å². The maximum atomic E-state index is 5.30. The molecule has 6 heteroatoms. The van der Waals surface area contributed by atoms with Crippen molar-refractivity contribution in [1.82, 2.24) is 24.1 Å². The molecule has 0 N–H and O–H groups in total. The molecule has 0 bridgehead atoms.